The average molecular weight is 520 g/mol. The molecule has 1 amide bonds. The molecule has 0 radical (unpaired) electrons. The van der Waals surface area contributed by atoms with Crippen molar-refractivity contribution in [1.82, 2.24) is 30.0 Å². The Hall–Kier alpha value is -1.96. The largest absolute Gasteiger partial charge is 0.340 e. The van der Waals surface area contributed by atoms with Crippen LogP contribution in [0.3, 0.4) is 0 Å². The lowest BCUT2D eigenvalue weighted by Crippen LogP contribution is -2.58. The topological polar surface area (TPSA) is 67.2 Å². The Morgan fingerprint density at radius 2 is 1.77 bits per heavy atom. The predicted octanol–water partition coefficient (Wildman–Crippen LogP) is 5.60. The quantitative estimate of drug-likeness (QED) is 0.514. The van der Waals surface area contributed by atoms with Crippen molar-refractivity contribution in [2.75, 3.05) is 26.2 Å². The zero-order valence-electron chi connectivity index (χ0n) is 21.2. The molecular weight excluding hydrogens is 483 g/mol. The first kappa shape index (κ1) is 26.1. The summed E-state index contributed by atoms with van der Waals surface area (Å²) in [5, 5.41) is 14.6. The molecule has 2 aliphatic rings. The van der Waals surface area contributed by atoms with E-state index in [0.29, 0.717) is 10.0 Å². The number of carbonyl (C=O) groups excluding carboxylic acids is 1. The molecule has 9 heteroatoms. The second kappa shape index (κ2) is 10.6. The fourth-order valence-corrected chi connectivity index (χ4v) is 5.99. The Kier molecular flexibility index (Phi) is 7.89. The highest BCUT2D eigenvalue weighted by Gasteiger charge is 2.46. The van der Waals surface area contributed by atoms with E-state index in [1.54, 1.807) is 13.0 Å². The van der Waals surface area contributed by atoms with Gasteiger partial charge in [-0.05, 0) is 46.4 Å². The molecule has 1 atom stereocenters. The number of carbonyl (C=O) groups is 1. The third-order valence-electron chi connectivity index (χ3n) is 7.49. The van der Waals surface area contributed by atoms with E-state index in [1.165, 1.54) is 6.42 Å². The third kappa shape index (κ3) is 5.57. The average Bonchev–Trinajstić information content (AvgIpc) is 3.30. The molecule has 2 aromatic rings. The molecule has 1 aliphatic carbocycles. The van der Waals surface area contributed by atoms with Crippen molar-refractivity contribution in [1.29, 1.82) is 0 Å². The van der Waals surface area contributed by atoms with Crippen molar-refractivity contribution >= 4 is 35.2 Å². The van der Waals surface area contributed by atoms with Crippen LogP contribution in [0.5, 0.6) is 0 Å². The van der Waals surface area contributed by atoms with E-state index in [0.717, 1.165) is 63.3 Å². The van der Waals surface area contributed by atoms with Gasteiger partial charge in [-0.3, -0.25) is 9.69 Å². The van der Waals surface area contributed by atoms with E-state index in [9.17, 15) is 4.79 Å². The first-order chi connectivity index (χ1) is 16.6. The molecule has 0 bridgehead atoms. The predicted molar refractivity (Wildman–Crippen MR) is 140 cm³/mol. The van der Waals surface area contributed by atoms with Crippen molar-refractivity contribution in [3.8, 4) is 0 Å². The molecule has 4 rings (SSSR count). The van der Waals surface area contributed by atoms with Crippen LogP contribution >= 0.6 is 23.2 Å². The van der Waals surface area contributed by atoms with Crippen molar-refractivity contribution < 1.29 is 4.79 Å². The van der Waals surface area contributed by atoms with Crippen molar-refractivity contribution in [3.05, 3.63) is 45.7 Å². The lowest BCUT2D eigenvalue weighted by Gasteiger charge is -2.49. The molecule has 1 saturated heterocycles. The summed E-state index contributed by atoms with van der Waals surface area (Å²) in [6.45, 7) is 11.4. The van der Waals surface area contributed by atoms with Gasteiger partial charge in [-0.1, -0.05) is 81.5 Å². The summed E-state index contributed by atoms with van der Waals surface area (Å²) < 4.78 is 2.03. The van der Waals surface area contributed by atoms with Gasteiger partial charge in [0, 0.05) is 43.1 Å². The van der Waals surface area contributed by atoms with Gasteiger partial charge in [0.1, 0.15) is 0 Å². The van der Waals surface area contributed by atoms with Gasteiger partial charge in [-0.15, -0.1) is 5.10 Å². The number of tetrazole rings is 1. The first-order valence-corrected chi connectivity index (χ1v) is 13.3. The number of hydrogen-bond donors (Lipinski definition) is 0. The van der Waals surface area contributed by atoms with Gasteiger partial charge in [-0.2, -0.15) is 0 Å². The molecule has 0 spiro atoms. The number of piperazine rings is 1. The molecule has 7 nitrogen and oxygen atoms in total. The fourth-order valence-electron chi connectivity index (χ4n) is 5.52. The van der Waals surface area contributed by atoms with Crippen LogP contribution in [-0.2, 0) is 10.3 Å². The highest BCUT2D eigenvalue weighted by Crippen LogP contribution is 2.44. The molecule has 2 fully saturated rings. The molecule has 35 heavy (non-hydrogen) atoms. The van der Waals surface area contributed by atoms with Gasteiger partial charge < -0.3 is 4.90 Å². The summed E-state index contributed by atoms with van der Waals surface area (Å²) in [6.07, 6.45) is 9.77. The zero-order chi connectivity index (χ0) is 25.2. The van der Waals surface area contributed by atoms with Crippen LogP contribution in [0, 0.1) is 5.41 Å². The first-order valence-electron chi connectivity index (χ1n) is 12.5. The number of amides is 1. The maximum absolute atomic E-state index is 11.9. The molecule has 1 aromatic carbocycles. The van der Waals surface area contributed by atoms with E-state index in [4.69, 9.17) is 23.2 Å². The monoisotopic (exact) mass is 518 g/mol. The molecule has 1 aliphatic heterocycles. The number of hydrogen-bond acceptors (Lipinski definition) is 5. The maximum Gasteiger partial charge on any atom is 0.219 e. The highest BCUT2D eigenvalue weighted by molar-refractivity contribution is 6.35. The van der Waals surface area contributed by atoms with Crippen LogP contribution in [0.15, 0.2) is 24.3 Å². The van der Waals surface area contributed by atoms with Gasteiger partial charge in [0.2, 0.25) is 5.91 Å². The lowest BCUT2D eigenvalue weighted by molar-refractivity contribution is -0.132. The molecule has 1 saturated carbocycles. The van der Waals surface area contributed by atoms with Gasteiger partial charge in [0.15, 0.2) is 5.82 Å². The summed E-state index contributed by atoms with van der Waals surface area (Å²) in [6, 6.07) is 5.46. The lowest BCUT2D eigenvalue weighted by atomic mass is 9.78. The molecule has 0 unspecified atom stereocenters. The van der Waals surface area contributed by atoms with E-state index in [2.05, 4.69) is 47.3 Å². The van der Waals surface area contributed by atoms with Crippen LogP contribution in [-0.4, -0.2) is 62.1 Å². The fraction of sp³-hybridized carbons (Fsp3) is 0.615. The number of allylic oxidation sites excluding steroid dienone is 1. The SMILES string of the molecule is CC(=O)N1CCN(C2(c3nnnn3[C@@H](/C=C/c3ccc(Cl)cc3Cl)C(C)(C)C)CCCCC2)CC1. The number of nitrogens with zero attached hydrogens (tertiary/aromatic N) is 6. The smallest absolute Gasteiger partial charge is 0.219 e. The van der Waals surface area contributed by atoms with Crippen LogP contribution in [0.1, 0.15) is 77.2 Å². The molecular formula is C26H36Cl2N6O. The van der Waals surface area contributed by atoms with E-state index in [1.807, 2.05) is 27.8 Å². The Bertz CT molecular complexity index is 1060. The Morgan fingerprint density at radius 1 is 1.09 bits per heavy atom. The van der Waals surface area contributed by atoms with E-state index < -0.39 is 0 Å². The van der Waals surface area contributed by atoms with Crippen LogP contribution in [0.2, 0.25) is 10.0 Å². The van der Waals surface area contributed by atoms with Gasteiger partial charge in [-0.25, -0.2) is 4.68 Å². The Balaban J connectivity index is 1.71. The minimum absolute atomic E-state index is 0.0726. The van der Waals surface area contributed by atoms with Crippen molar-refractivity contribution in [2.45, 2.75) is 71.4 Å². The molecule has 190 valence electrons. The van der Waals surface area contributed by atoms with Gasteiger partial charge in [0.05, 0.1) is 11.6 Å². The maximum atomic E-state index is 11.9. The van der Waals surface area contributed by atoms with E-state index in [-0.39, 0.29) is 22.9 Å². The summed E-state index contributed by atoms with van der Waals surface area (Å²) in [5.74, 6) is 1.08. The molecule has 2 heterocycles. The normalized spacial score (nSPS) is 20.3. The summed E-state index contributed by atoms with van der Waals surface area (Å²) in [5.41, 5.74) is 0.551. The minimum atomic E-state index is -0.222. The second-order valence-electron chi connectivity index (χ2n) is 10.9. The Labute approximate surface area is 218 Å². The second-order valence-corrected chi connectivity index (χ2v) is 11.7. The highest BCUT2D eigenvalue weighted by atomic mass is 35.5. The van der Waals surface area contributed by atoms with Gasteiger partial charge in [0.25, 0.3) is 0 Å². The summed E-state index contributed by atoms with van der Waals surface area (Å²) >= 11 is 12.5. The number of aromatic nitrogens is 4. The van der Waals surface area contributed by atoms with Crippen LogP contribution in [0.4, 0.5) is 0 Å². The zero-order valence-corrected chi connectivity index (χ0v) is 22.7. The Morgan fingerprint density at radius 3 is 2.37 bits per heavy atom. The van der Waals surface area contributed by atoms with Crippen molar-refractivity contribution in [2.24, 2.45) is 5.41 Å². The van der Waals surface area contributed by atoms with Crippen LogP contribution < -0.4 is 0 Å². The number of benzene rings is 1. The summed E-state index contributed by atoms with van der Waals surface area (Å²) in [4.78, 5) is 16.4. The third-order valence-corrected chi connectivity index (χ3v) is 8.05. The van der Waals surface area contributed by atoms with Crippen LogP contribution in [0.25, 0.3) is 6.08 Å². The number of rotatable bonds is 5. The van der Waals surface area contributed by atoms with E-state index >= 15 is 0 Å². The van der Waals surface area contributed by atoms with Crippen molar-refractivity contribution in [3.63, 3.8) is 0 Å². The molecule has 0 N–H and O–H groups in total. The number of halogens is 2. The minimum Gasteiger partial charge on any atom is -0.340 e. The molecule has 1 aromatic heterocycles. The van der Waals surface area contributed by atoms with Gasteiger partial charge >= 0.3 is 0 Å². The standard InChI is InChI=1S/C26H36Cl2N6O/c1-19(35)32-14-16-33(17-15-32)26(12-6-5-7-13-26)24-29-30-31-34(24)23(25(2,3)4)11-9-20-8-10-21(27)18-22(20)28/h8-11,18,23H,5-7,12-17H2,1-4H3/b11-9+/t23-/m0/s1. The summed E-state index contributed by atoms with van der Waals surface area (Å²) in [7, 11) is 0.